The number of aryl methyl sites for hydroxylation is 1. The Bertz CT molecular complexity index is 1050. The van der Waals surface area contributed by atoms with Gasteiger partial charge in [0.25, 0.3) is 0 Å². The number of fused-ring (bicyclic) bond motifs is 1. The summed E-state index contributed by atoms with van der Waals surface area (Å²) in [6.45, 7) is 0. The van der Waals surface area contributed by atoms with Crippen molar-refractivity contribution in [2.45, 2.75) is 24.8 Å². The van der Waals surface area contributed by atoms with Gasteiger partial charge in [0.1, 0.15) is 22.9 Å². The van der Waals surface area contributed by atoms with Crippen molar-refractivity contribution in [1.29, 1.82) is 0 Å². The van der Waals surface area contributed by atoms with Crippen molar-refractivity contribution in [1.82, 2.24) is 0 Å². The van der Waals surface area contributed by atoms with Crippen molar-refractivity contribution in [3.8, 4) is 22.6 Å². The molecular formula is C23H20FNO3. The van der Waals surface area contributed by atoms with E-state index in [1.807, 2.05) is 36.4 Å². The highest BCUT2D eigenvalue weighted by Gasteiger charge is 2.37. The zero-order chi connectivity index (χ0) is 19.7. The molecule has 1 unspecified atom stereocenters. The summed E-state index contributed by atoms with van der Waals surface area (Å²) >= 11 is 0. The number of aliphatic carboxylic acids is 1. The number of benzene rings is 3. The molecule has 0 saturated heterocycles. The van der Waals surface area contributed by atoms with Crippen molar-refractivity contribution in [2.75, 3.05) is 0 Å². The van der Waals surface area contributed by atoms with E-state index in [1.54, 1.807) is 24.3 Å². The van der Waals surface area contributed by atoms with Crippen LogP contribution in [-0.2, 0) is 17.6 Å². The number of hydrogen-bond acceptors (Lipinski definition) is 3. The average molecular weight is 377 g/mol. The average Bonchev–Trinajstić information content (AvgIpc) is 2.69. The van der Waals surface area contributed by atoms with Crippen LogP contribution in [0, 0.1) is 5.82 Å². The summed E-state index contributed by atoms with van der Waals surface area (Å²) in [6.07, 6.45) is 1.28. The largest absolute Gasteiger partial charge is 0.480 e. The maximum absolute atomic E-state index is 14.3. The Kier molecular flexibility index (Phi) is 4.61. The molecule has 0 aliphatic heterocycles. The maximum atomic E-state index is 14.3. The highest BCUT2D eigenvalue weighted by molar-refractivity contribution is 5.79. The predicted octanol–water partition coefficient (Wildman–Crippen LogP) is 4.56. The molecule has 3 aromatic carbocycles. The molecule has 0 bridgehead atoms. The van der Waals surface area contributed by atoms with E-state index >= 15 is 0 Å². The summed E-state index contributed by atoms with van der Waals surface area (Å²) < 4.78 is 20.3. The number of ether oxygens (including phenoxy) is 1. The predicted molar refractivity (Wildman–Crippen MR) is 105 cm³/mol. The molecule has 1 aliphatic carbocycles. The monoisotopic (exact) mass is 377 g/mol. The van der Waals surface area contributed by atoms with Crippen molar-refractivity contribution >= 4 is 5.97 Å². The summed E-state index contributed by atoms with van der Waals surface area (Å²) in [7, 11) is 0. The van der Waals surface area contributed by atoms with E-state index in [0.29, 0.717) is 35.5 Å². The van der Waals surface area contributed by atoms with Gasteiger partial charge in [0.2, 0.25) is 0 Å². The zero-order valence-electron chi connectivity index (χ0n) is 15.2. The number of halogens is 1. The Labute approximate surface area is 162 Å². The molecule has 0 saturated carbocycles. The normalized spacial score (nSPS) is 18.4. The maximum Gasteiger partial charge on any atom is 0.324 e. The first-order chi connectivity index (χ1) is 13.5. The fourth-order valence-corrected chi connectivity index (χ4v) is 3.63. The molecule has 0 aromatic heterocycles. The van der Waals surface area contributed by atoms with Gasteiger partial charge in [-0.2, -0.15) is 0 Å². The fraction of sp³-hybridized carbons (Fsp3) is 0.174. The van der Waals surface area contributed by atoms with Gasteiger partial charge in [-0.05, 0) is 48.2 Å². The van der Waals surface area contributed by atoms with Crippen LogP contribution in [0.4, 0.5) is 4.39 Å². The highest BCUT2D eigenvalue weighted by atomic mass is 19.1. The van der Waals surface area contributed by atoms with Crippen LogP contribution in [0.1, 0.15) is 17.5 Å². The van der Waals surface area contributed by atoms with Crippen molar-refractivity contribution in [3.05, 3.63) is 83.7 Å². The van der Waals surface area contributed by atoms with Gasteiger partial charge in [-0.3, -0.25) is 4.79 Å². The van der Waals surface area contributed by atoms with Crippen molar-refractivity contribution < 1.29 is 19.0 Å². The summed E-state index contributed by atoms with van der Waals surface area (Å²) in [6, 6.07) is 19.4. The molecule has 0 fully saturated rings. The van der Waals surface area contributed by atoms with Gasteiger partial charge in [-0.15, -0.1) is 0 Å². The SMILES string of the molecule is NC1(C(=O)O)CCc2ccc(Oc3ccccc3-c3ccccc3F)cc2C1. The van der Waals surface area contributed by atoms with E-state index in [0.717, 1.165) is 11.1 Å². The van der Waals surface area contributed by atoms with Crippen LogP contribution in [0.15, 0.2) is 66.7 Å². The topological polar surface area (TPSA) is 72.6 Å². The molecule has 4 rings (SSSR count). The van der Waals surface area contributed by atoms with Crippen LogP contribution in [0.3, 0.4) is 0 Å². The number of carbonyl (C=O) groups is 1. The quantitative estimate of drug-likeness (QED) is 0.699. The van der Waals surface area contributed by atoms with Crippen LogP contribution in [-0.4, -0.2) is 16.6 Å². The Morgan fingerprint density at radius 3 is 2.46 bits per heavy atom. The Hall–Kier alpha value is -3.18. The van der Waals surface area contributed by atoms with E-state index in [9.17, 15) is 14.3 Å². The molecule has 4 nitrogen and oxygen atoms in total. The van der Waals surface area contributed by atoms with Gasteiger partial charge in [0.05, 0.1) is 0 Å². The molecule has 1 aliphatic rings. The number of nitrogens with two attached hydrogens (primary N) is 1. The Balaban J connectivity index is 1.67. The standard InChI is InChI=1S/C23H20FNO3/c24-20-7-3-1-5-18(20)19-6-2-4-8-21(19)28-17-10-9-15-11-12-23(25,22(26)27)14-16(15)13-17/h1-10,13H,11-12,14,25H2,(H,26,27). The molecule has 0 heterocycles. The third-order valence-corrected chi connectivity index (χ3v) is 5.23. The second-order valence-corrected chi connectivity index (χ2v) is 7.15. The number of hydrogen-bond donors (Lipinski definition) is 2. The van der Waals surface area contributed by atoms with Gasteiger partial charge in [-0.25, -0.2) is 4.39 Å². The zero-order valence-corrected chi connectivity index (χ0v) is 15.2. The fourth-order valence-electron chi connectivity index (χ4n) is 3.63. The molecule has 3 N–H and O–H groups in total. The second kappa shape index (κ2) is 7.09. The summed E-state index contributed by atoms with van der Waals surface area (Å²) in [4.78, 5) is 11.5. The molecular weight excluding hydrogens is 357 g/mol. The molecule has 5 heteroatoms. The first-order valence-electron chi connectivity index (χ1n) is 9.12. The number of carboxylic acid groups (broad SMARTS) is 1. The molecule has 0 radical (unpaired) electrons. The molecule has 0 amide bonds. The lowest BCUT2D eigenvalue weighted by Gasteiger charge is -2.31. The van der Waals surface area contributed by atoms with Gasteiger partial charge >= 0.3 is 5.97 Å². The second-order valence-electron chi connectivity index (χ2n) is 7.15. The van der Waals surface area contributed by atoms with Crippen molar-refractivity contribution in [3.63, 3.8) is 0 Å². The van der Waals surface area contributed by atoms with Gasteiger partial charge in [0.15, 0.2) is 0 Å². The minimum absolute atomic E-state index is 0.254. The highest BCUT2D eigenvalue weighted by Crippen LogP contribution is 2.36. The summed E-state index contributed by atoms with van der Waals surface area (Å²) in [5.41, 5.74) is 7.86. The smallest absolute Gasteiger partial charge is 0.324 e. The van der Waals surface area contributed by atoms with E-state index in [-0.39, 0.29) is 12.2 Å². The van der Waals surface area contributed by atoms with Crippen molar-refractivity contribution in [2.24, 2.45) is 5.73 Å². The molecule has 1 atom stereocenters. The summed E-state index contributed by atoms with van der Waals surface area (Å²) in [5.74, 6) is -0.217. The molecule has 142 valence electrons. The van der Waals surface area contributed by atoms with Crippen LogP contribution >= 0.6 is 0 Å². The summed E-state index contributed by atoms with van der Waals surface area (Å²) in [5, 5.41) is 9.42. The van der Waals surface area contributed by atoms with Gasteiger partial charge in [-0.1, -0.05) is 42.5 Å². The third kappa shape index (κ3) is 3.37. The van der Waals surface area contributed by atoms with Crippen LogP contribution in [0.2, 0.25) is 0 Å². The van der Waals surface area contributed by atoms with E-state index in [1.165, 1.54) is 6.07 Å². The molecule has 28 heavy (non-hydrogen) atoms. The molecule has 0 spiro atoms. The van der Waals surface area contributed by atoms with Gasteiger partial charge in [0, 0.05) is 17.5 Å². The lowest BCUT2D eigenvalue weighted by molar-refractivity contribution is -0.143. The minimum Gasteiger partial charge on any atom is -0.480 e. The lowest BCUT2D eigenvalue weighted by atomic mass is 9.78. The van der Waals surface area contributed by atoms with E-state index in [2.05, 4.69) is 0 Å². The van der Waals surface area contributed by atoms with Crippen LogP contribution in [0.5, 0.6) is 11.5 Å². The minimum atomic E-state index is -1.25. The number of para-hydroxylation sites is 1. The molecule has 3 aromatic rings. The van der Waals surface area contributed by atoms with Gasteiger partial charge < -0.3 is 15.6 Å². The first-order valence-corrected chi connectivity index (χ1v) is 9.12. The Morgan fingerprint density at radius 2 is 1.71 bits per heavy atom. The van der Waals surface area contributed by atoms with E-state index in [4.69, 9.17) is 10.5 Å². The number of rotatable bonds is 4. The van der Waals surface area contributed by atoms with Crippen LogP contribution in [0.25, 0.3) is 11.1 Å². The lowest BCUT2D eigenvalue weighted by Crippen LogP contribution is -2.52. The number of carboxylic acids is 1. The first kappa shape index (κ1) is 18.2. The van der Waals surface area contributed by atoms with Crippen LogP contribution < -0.4 is 10.5 Å². The third-order valence-electron chi connectivity index (χ3n) is 5.23. The Morgan fingerprint density at radius 1 is 1.00 bits per heavy atom. The van der Waals surface area contributed by atoms with E-state index < -0.39 is 11.5 Å².